The van der Waals surface area contributed by atoms with E-state index >= 15 is 0 Å². The van der Waals surface area contributed by atoms with Gasteiger partial charge in [-0.3, -0.25) is 9.59 Å². The maximum absolute atomic E-state index is 13.5. The Kier molecular flexibility index (Phi) is 5.11. The molecule has 1 fully saturated rings. The Labute approximate surface area is 127 Å². The highest BCUT2D eigenvalue weighted by Gasteiger charge is 2.39. The molecule has 4 nitrogen and oxygen atoms in total. The smallest absolute Gasteiger partial charge is 0.311 e. The summed E-state index contributed by atoms with van der Waals surface area (Å²) in [6.45, 7) is 0.0259. The fourth-order valence-corrected chi connectivity index (χ4v) is 2.88. The first-order valence-corrected chi connectivity index (χ1v) is 7.38. The lowest BCUT2D eigenvalue weighted by Gasteiger charge is -2.33. The van der Waals surface area contributed by atoms with Crippen LogP contribution in [0.2, 0.25) is 0 Å². The zero-order valence-electron chi connectivity index (χ0n) is 12.2. The van der Waals surface area contributed by atoms with Gasteiger partial charge in [-0.1, -0.05) is 31.4 Å². The molecule has 1 amide bonds. The molecular formula is C16H19F2NO3. The molecule has 0 spiro atoms. The molecule has 1 aliphatic rings. The Morgan fingerprint density at radius 1 is 1.18 bits per heavy atom. The fourth-order valence-electron chi connectivity index (χ4n) is 2.88. The molecule has 0 aromatic heterocycles. The van der Waals surface area contributed by atoms with E-state index in [0.29, 0.717) is 12.8 Å². The molecule has 0 saturated heterocycles. The van der Waals surface area contributed by atoms with Crippen molar-refractivity contribution in [3.05, 3.63) is 35.4 Å². The zero-order chi connectivity index (χ0) is 16.2. The van der Waals surface area contributed by atoms with E-state index in [-0.39, 0.29) is 18.5 Å². The van der Waals surface area contributed by atoms with E-state index in [2.05, 4.69) is 5.32 Å². The summed E-state index contributed by atoms with van der Waals surface area (Å²) in [6, 6.07) is 3.66. The van der Waals surface area contributed by atoms with Gasteiger partial charge >= 0.3 is 5.97 Å². The largest absolute Gasteiger partial charge is 0.481 e. The van der Waals surface area contributed by atoms with E-state index in [9.17, 15) is 23.5 Å². The molecule has 1 aromatic rings. The molecule has 1 saturated carbocycles. The number of carboxylic acid groups (broad SMARTS) is 1. The molecule has 120 valence electrons. The van der Waals surface area contributed by atoms with E-state index in [1.165, 1.54) is 12.1 Å². The van der Waals surface area contributed by atoms with Crippen LogP contribution < -0.4 is 5.32 Å². The van der Waals surface area contributed by atoms with Gasteiger partial charge in [0.1, 0.15) is 0 Å². The highest BCUT2D eigenvalue weighted by atomic mass is 19.2. The molecule has 6 heteroatoms. The molecule has 2 N–H and O–H groups in total. The second-order valence-electron chi connectivity index (χ2n) is 5.81. The molecule has 1 aliphatic carbocycles. The first-order valence-electron chi connectivity index (χ1n) is 7.38. The number of hydrogen-bond acceptors (Lipinski definition) is 2. The van der Waals surface area contributed by atoms with Crippen LogP contribution in [0.1, 0.15) is 37.7 Å². The second-order valence-corrected chi connectivity index (χ2v) is 5.81. The molecule has 22 heavy (non-hydrogen) atoms. The standard InChI is InChI=1S/C16H19F2NO3/c17-12-6-4-5-11(14(12)18)9-13(20)19-10-16(15(21)22)7-2-1-3-8-16/h4-6H,1-3,7-10H2,(H,19,20)(H,21,22). The van der Waals surface area contributed by atoms with Gasteiger partial charge in [-0.05, 0) is 18.9 Å². The summed E-state index contributed by atoms with van der Waals surface area (Å²) in [6.07, 6.45) is 3.38. The SMILES string of the molecule is O=C(Cc1cccc(F)c1F)NCC1(C(=O)O)CCCCC1. The molecule has 0 unspecified atom stereocenters. The van der Waals surface area contributed by atoms with Gasteiger partial charge in [0.25, 0.3) is 0 Å². The first kappa shape index (κ1) is 16.4. The minimum Gasteiger partial charge on any atom is -0.481 e. The Hall–Kier alpha value is -1.98. The Bertz CT molecular complexity index is 569. The van der Waals surface area contributed by atoms with Gasteiger partial charge in [-0.2, -0.15) is 0 Å². The summed E-state index contributed by atoms with van der Waals surface area (Å²) in [4.78, 5) is 23.4. The molecule has 0 radical (unpaired) electrons. The quantitative estimate of drug-likeness (QED) is 0.878. The van der Waals surface area contributed by atoms with Crippen molar-refractivity contribution in [2.75, 3.05) is 6.54 Å². The van der Waals surface area contributed by atoms with Crippen LogP contribution in [-0.4, -0.2) is 23.5 Å². The van der Waals surface area contributed by atoms with Crippen molar-refractivity contribution in [2.24, 2.45) is 5.41 Å². The number of hydrogen-bond donors (Lipinski definition) is 2. The summed E-state index contributed by atoms with van der Waals surface area (Å²) >= 11 is 0. The van der Waals surface area contributed by atoms with Crippen molar-refractivity contribution < 1.29 is 23.5 Å². The van der Waals surface area contributed by atoms with Gasteiger partial charge in [0.15, 0.2) is 11.6 Å². The predicted octanol–water partition coefficient (Wildman–Crippen LogP) is 2.66. The van der Waals surface area contributed by atoms with E-state index < -0.39 is 28.9 Å². The Morgan fingerprint density at radius 3 is 2.50 bits per heavy atom. The number of halogens is 2. The summed E-state index contributed by atoms with van der Waals surface area (Å²) in [5.41, 5.74) is -0.973. The van der Waals surface area contributed by atoms with Crippen LogP contribution in [-0.2, 0) is 16.0 Å². The van der Waals surface area contributed by atoms with Gasteiger partial charge in [0.05, 0.1) is 11.8 Å². The van der Waals surface area contributed by atoms with Crippen molar-refractivity contribution in [3.8, 4) is 0 Å². The van der Waals surface area contributed by atoms with Gasteiger partial charge < -0.3 is 10.4 Å². The van der Waals surface area contributed by atoms with Crippen LogP contribution in [0.25, 0.3) is 0 Å². The third-order valence-corrected chi connectivity index (χ3v) is 4.27. The topological polar surface area (TPSA) is 66.4 Å². The van der Waals surface area contributed by atoms with E-state index in [1.807, 2.05) is 0 Å². The van der Waals surface area contributed by atoms with Gasteiger partial charge in [-0.25, -0.2) is 8.78 Å². The molecule has 1 aromatic carbocycles. The second kappa shape index (κ2) is 6.85. The number of carboxylic acids is 1. The van der Waals surface area contributed by atoms with Crippen LogP contribution in [0.3, 0.4) is 0 Å². The fraction of sp³-hybridized carbons (Fsp3) is 0.500. The van der Waals surface area contributed by atoms with E-state index in [1.54, 1.807) is 0 Å². The maximum atomic E-state index is 13.5. The third kappa shape index (κ3) is 3.61. The van der Waals surface area contributed by atoms with Crippen molar-refractivity contribution in [1.29, 1.82) is 0 Å². The van der Waals surface area contributed by atoms with Crippen LogP contribution >= 0.6 is 0 Å². The van der Waals surface area contributed by atoms with Gasteiger partial charge in [-0.15, -0.1) is 0 Å². The lowest BCUT2D eigenvalue weighted by molar-refractivity contribution is -0.151. The lowest BCUT2D eigenvalue weighted by Crippen LogP contribution is -2.44. The minimum absolute atomic E-state index is 0.0259. The molecule has 0 bridgehead atoms. The van der Waals surface area contributed by atoms with Crippen molar-refractivity contribution >= 4 is 11.9 Å². The molecular weight excluding hydrogens is 292 g/mol. The van der Waals surface area contributed by atoms with Crippen LogP contribution in [0.4, 0.5) is 8.78 Å². The van der Waals surface area contributed by atoms with Crippen LogP contribution in [0, 0.1) is 17.0 Å². The number of benzene rings is 1. The Balaban J connectivity index is 1.97. The average Bonchev–Trinajstić information content (AvgIpc) is 2.51. The first-order chi connectivity index (χ1) is 10.4. The lowest BCUT2D eigenvalue weighted by atomic mass is 9.74. The summed E-state index contributed by atoms with van der Waals surface area (Å²) in [5.74, 6) is -3.46. The third-order valence-electron chi connectivity index (χ3n) is 4.27. The monoisotopic (exact) mass is 311 g/mol. The highest BCUT2D eigenvalue weighted by molar-refractivity contribution is 5.80. The maximum Gasteiger partial charge on any atom is 0.311 e. The van der Waals surface area contributed by atoms with E-state index in [0.717, 1.165) is 25.3 Å². The van der Waals surface area contributed by atoms with Crippen molar-refractivity contribution in [3.63, 3.8) is 0 Å². The van der Waals surface area contributed by atoms with E-state index in [4.69, 9.17) is 0 Å². The zero-order valence-corrected chi connectivity index (χ0v) is 12.2. The van der Waals surface area contributed by atoms with Crippen LogP contribution in [0.5, 0.6) is 0 Å². The highest BCUT2D eigenvalue weighted by Crippen LogP contribution is 2.36. The van der Waals surface area contributed by atoms with Crippen molar-refractivity contribution in [2.45, 2.75) is 38.5 Å². The van der Waals surface area contributed by atoms with Crippen molar-refractivity contribution in [1.82, 2.24) is 5.32 Å². The Morgan fingerprint density at radius 2 is 1.86 bits per heavy atom. The summed E-state index contributed by atoms with van der Waals surface area (Å²) in [5, 5.41) is 12.0. The summed E-state index contributed by atoms with van der Waals surface area (Å²) < 4.78 is 26.6. The number of amides is 1. The normalized spacial score (nSPS) is 17.0. The summed E-state index contributed by atoms with van der Waals surface area (Å²) in [7, 11) is 0. The number of rotatable bonds is 5. The van der Waals surface area contributed by atoms with Crippen LogP contribution in [0.15, 0.2) is 18.2 Å². The number of nitrogens with one attached hydrogen (secondary N) is 1. The molecule has 2 rings (SSSR count). The van der Waals surface area contributed by atoms with Gasteiger partial charge in [0.2, 0.25) is 5.91 Å². The molecule has 0 aliphatic heterocycles. The number of carbonyl (C=O) groups excluding carboxylic acids is 1. The molecule has 0 atom stereocenters. The number of aliphatic carboxylic acids is 1. The average molecular weight is 311 g/mol. The van der Waals surface area contributed by atoms with Gasteiger partial charge in [0, 0.05) is 12.1 Å². The number of carbonyl (C=O) groups is 2. The predicted molar refractivity (Wildman–Crippen MR) is 76.2 cm³/mol. The molecule has 0 heterocycles. The minimum atomic E-state index is -1.04.